The summed E-state index contributed by atoms with van der Waals surface area (Å²) < 4.78 is 0. The fourth-order valence-electron chi connectivity index (χ4n) is 1.11. The topological polar surface area (TPSA) is 92.4 Å². The van der Waals surface area contributed by atoms with Gasteiger partial charge in [0.25, 0.3) is 0 Å². The molecule has 13 heavy (non-hydrogen) atoms. The summed E-state index contributed by atoms with van der Waals surface area (Å²) in [6, 6.07) is -0.116. The first-order chi connectivity index (χ1) is 6.09. The minimum absolute atomic E-state index is 0.0205. The van der Waals surface area contributed by atoms with Gasteiger partial charge in [-0.3, -0.25) is 9.59 Å². The fourth-order valence-corrected chi connectivity index (χ4v) is 1.11. The van der Waals surface area contributed by atoms with Gasteiger partial charge in [0.2, 0.25) is 5.91 Å². The summed E-state index contributed by atoms with van der Waals surface area (Å²) in [6.45, 7) is 0. The average molecular weight is 186 g/mol. The van der Waals surface area contributed by atoms with Crippen LogP contribution in [0.2, 0.25) is 0 Å². The Hall–Kier alpha value is -1.10. The summed E-state index contributed by atoms with van der Waals surface area (Å²) in [6.07, 6.45) is 2.36. The number of rotatable bonds is 6. The van der Waals surface area contributed by atoms with E-state index in [4.69, 9.17) is 10.8 Å². The molecule has 4 N–H and O–H groups in total. The van der Waals surface area contributed by atoms with Gasteiger partial charge in [-0.15, -0.1) is 0 Å². The van der Waals surface area contributed by atoms with Gasteiger partial charge in [-0.25, -0.2) is 0 Å². The number of nitrogens with two attached hydrogens (primary N) is 1. The van der Waals surface area contributed by atoms with Crippen LogP contribution in [-0.2, 0) is 9.59 Å². The molecule has 0 unspecified atom stereocenters. The van der Waals surface area contributed by atoms with Gasteiger partial charge in [-0.2, -0.15) is 0 Å². The van der Waals surface area contributed by atoms with Crippen molar-refractivity contribution < 1.29 is 14.7 Å². The third-order valence-corrected chi connectivity index (χ3v) is 2.00. The largest absolute Gasteiger partial charge is 0.481 e. The maximum Gasteiger partial charge on any atom is 0.303 e. The summed E-state index contributed by atoms with van der Waals surface area (Å²) in [5.74, 6) is -1.36. The molecule has 0 saturated heterocycles. The second-order valence-corrected chi connectivity index (χ2v) is 3.33. The fraction of sp³-hybridized carbons (Fsp3) is 0.750. The zero-order chi connectivity index (χ0) is 9.84. The van der Waals surface area contributed by atoms with Crippen molar-refractivity contribution in [1.82, 2.24) is 5.32 Å². The molecule has 0 aromatic carbocycles. The van der Waals surface area contributed by atoms with E-state index in [-0.39, 0.29) is 12.8 Å². The monoisotopic (exact) mass is 186 g/mol. The molecule has 1 aliphatic carbocycles. The molecule has 1 fully saturated rings. The number of hydrogen-bond acceptors (Lipinski definition) is 3. The Morgan fingerprint density at radius 2 is 2.15 bits per heavy atom. The Kier molecular flexibility index (Phi) is 3.25. The predicted molar refractivity (Wildman–Crippen MR) is 46.0 cm³/mol. The zero-order valence-electron chi connectivity index (χ0n) is 7.32. The first-order valence-corrected chi connectivity index (χ1v) is 4.36. The summed E-state index contributed by atoms with van der Waals surface area (Å²) in [5, 5.41) is 11.4. The molecule has 0 aromatic rings. The number of aliphatic carboxylic acids is 1. The van der Waals surface area contributed by atoms with E-state index in [9.17, 15) is 9.59 Å². The minimum atomic E-state index is -0.899. The highest BCUT2D eigenvalue weighted by atomic mass is 16.4. The van der Waals surface area contributed by atoms with Crippen LogP contribution in [0.1, 0.15) is 25.7 Å². The lowest BCUT2D eigenvalue weighted by molar-refractivity contribution is -0.137. The van der Waals surface area contributed by atoms with Crippen molar-refractivity contribution in [2.45, 2.75) is 37.8 Å². The van der Waals surface area contributed by atoms with Crippen LogP contribution in [0.5, 0.6) is 0 Å². The van der Waals surface area contributed by atoms with E-state index < -0.39 is 17.9 Å². The van der Waals surface area contributed by atoms with E-state index >= 15 is 0 Å². The molecule has 5 nitrogen and oxygen atoms in total. The molecule has 0 heterocycles. The van der Waals surface area contributed by atoms with Gasteiger partial charge < -0.3 is 16.2 Å². The summed E-state index contributed by atoms with van der Waals surface area (Å²) in [5.41, 5.74) is 5.10. The second-order valence-electron chi connectivity index (χ2n) is 3.33. The molecular weight excluding hydrogens is 172 g/mol. The molecule has 1 saturated carbocycles. The third kappa shape index (κ3) is 3.89. The maximum absolute atomic E-state index is 10.8. The van der Waals surface area contributed by atoms with Crippen LogP contribution >= 0.6 is 0 Å². The summed E-state index contributed by atoms with van der Waals surface area (Å²) >= 11 is 0. The highest BCUT2D eigenvalue weighted by molar-refractivity contribution is 5.80. The molecule has 0 aromatic heterocycles. The molecule has 1 rings (SSSR count). The molecule has 74 valence electrons. The third-order valence-electron chi connectivity index (χ3n) is 2.00. The molecule has 0 spiro atoms. The normalized spacial score (nSPS) is 18.2. The SMILES string of the molecule is NC(=O)[C@H](CCC(=O)O)NC1CC1. The van der Waals surface area contributed by atoms with Crippen molar-refractivity contribution in [3.63, 3.8) is 0 Å². The van der Waals surface area contributed by atoms with E-state index in [0.717, 1.165) is 12.8 Å². The van der Waals surface area contributed by atoms with E-state index in [1.807, 2.05) is 0 Å². The smallest absolute Gasteiger partial charge is 0.303 e. The van der Waals surface area contributed by atoms with Crippen LogP contribution in [0.15, 0.2) is 0 Å². The second kappa shape index (κ2) is 4.23. The molecular formula is C8H14N2O3. The number of carbonyl (C=O) groups excluding carboxylic acids is 1. The van der Waals surface area contributed by atoms with Gasteiger partial charge in [0, 0.05) is 12.5 Å². The minimum Gasteiger partial charge on any atom is -0.481 e. The Labute approximate surface area is 76.3 Å². The van der Waals surface area contributed by atoms with E-state index in [0.29, 0.717) is 6.04 Å². The molecule has 0 bridgehead atoms. The Bertz CT molecular complexity index is 213. The van der Waals surface area contributed by atoms with Gasteiger partial charge in [0.15, 0.2) is 0 Å². The standard InChI is InChI=1S/C8H14N2O3/c9-8(13)6(3-4-7(11)12)10-5-1-2-5/h5-6,10H,1-4H2,(H2,9,13)(H,11,12)/t6-/m0/s1. The van der Waals surface area contributed by atoms with E-state index in [1.165, 1.54) is 0 Å². The van der Waals surface area contributed by atoms with Crippen molar-refractivity contribution in [2.75, 3.05) is 0 Å². The highest BCUT2D eigenvalue weighted by Gasteiger charge is 2.27. The van der Waals surface area contributed by atoms with Crippen molar-refractivity contribution in [1.29, 1.82) is 0 Å². The molecule has 0 radical (unpaired) electrons. The number of primary amides is 1. The van der Waals surface area contributed by atoms with Gasteiger partial charge in [0.1, 0.15) is 0 Å². The maximum atomic E-state index is 10.8. The van der Waals surface area contributed by atoms with Crippen molar-refractivity contribution >= 4 is 11.9 Å². The van der Waals surface area contributed by atoms with Crippen molar-refractivity contribution in [2.24, 2.45) is 5.73 Å². The van der Waals surface area contributed by atoms with Gasteiger partial charge in [-0.05, 0) is 19.3 Å². The first-order valence-electron chi connectivity index (χ1n) is 4.36. The van der Waals surface area contributed by atoms with Crippen molar-refractivity contribution in [3.05, 3.63) is 0 Å². The number of carbonyl (C=O) groups is 2. The lowest BCUT2D eigenvalue weighted by Gasteiger charge is -2.13. The molecule has 0 aliphatic heterocycles. The van der Waals surface area contributed by atoms with Crippen LogP contribution in [0.25, 0.3) is 0 Å². The summed E-state index contributed by atoms with van der Waals surface area (Å²) in [4.78, 5) is 21.1. The van der Waals surface area contributed by atoms with Gasteiger partial charge in [-0.1, -0.05) is 0 Å². The Balaban J connectivity index is 2.28. The molecule has 1 aliphatic rings. The first kappa shape index (κ1) is 9.98. The molecule has 1 amide bonds. The molecule has 5 heteroatoms. The Morgan fingerprint density at radius 1 is 1.54 bits per heavy atom. The van der Waals surface area contributed by atoms with Crippen LogP contribution in [0.3, 0.4) is 0 Å². The van der Waals surface area contributed by atoms with Crippen molar-refractivity contribution in [3.8, 4) is 0 Å². The van der Waals surface area contributed by atoms with Crippen LogP contribution in [0.4, 0.5) is 0 Å². The van der Waals surface area contributed by atoms with Crippen LogP contribution in [-0.4, -0.2) is 29.1 Å². The highest BCUT2D eigenvalue weighted by Crippen LogP contribution is 2.20. The van der Waals surface area contributed by atoms with E-state index in [1.54, 1.807) is 0 Å². The lowest BCUT2D eigenvalue weighted by atomic mass is 10.1. The van der Waals surface area contributed by atoms with E-state index in [2.05, 4.69) is 5.32 Å². The summed E-state index contributed by atoms with van der Waals surface area (Å²) in [7, 11) is 0. The van der Waals surface area contributed by atoms with Crippen LogP contribution < -0.4 is 11.1 Å². The number of carboxylic acid groups (broad SMARTS) is 1. The van der Waals surface area contributed by atoms with Gasteiger partial charge in [0.05, 0.1) is 6.04 Å². The number of amides is 1. The lowest BCUT2D eigenvalue weighted by Crippen LogP contribution is -2.42. The Morgan fingerprint density at radius 3 is 2.54 bits per heavy atom. The number of hydrogen-bond donors (Lipinski definition) is 3. The van der Waals surface area contributed by atoms with Gasteiger partial charge >= 0.3 is 5.97 Å². The quantitative estimate of drug-likeness (QED) is 0.519. The molecule has 1 atom stereocenters. The van der Waals surface area contributed by atoms with Crippen LogP contribution in [0, 0.1) is 0 Å². The zero-order valence-corrected chi connectivity index (χ0v) is 7.32. The number of nitrogens with one attached hydrogen (secondary N) is 1. The predicted octanol–water partition coefficient (Wildman–Crippen LogP) is -0.543. The number of carboxylic acids is 1. The average Bonchev–Trinajstić information content (AvgIpc) is 2.80.